The molecular weight excluding hydrogens is 360 g/mol. The highest BCUT2D eigenvalue weighted by molar-refractivity contribution is 6.13. The summed E-state index contributed by atoms with van der Waals surface area (Å²) in [6.45, 7) is -2.96. The first-order valence-electron chi connectivity index (χ1n) is 7.72. The second kappa shape index (κ2) is 7.77. The standard InChI is InChI=1S/C19H13F2NO5/c1-25-17(23)12-7-5-11(6-8-12)9-15-18(24)27-16(22-15)13-3-2-4-14(10-13)26-19(20)21/h2-10,19H,1H3/b15-9-. The molecule has 138 valence electrons. The van der Waals surface area contributed by atoms with Crippen LogP contribution >= 0.6 is 0 Å². The third-order valence-corrected chi connectivity index (χ3v) is 3.56. The number of hydrogen-bond donors (Lipinski definition) is 0. The number of rotatable bonds is 5. The van der Waals surface area contributed by atoms with Crippen LogP contribution in [0.3, 0.4) is 0 Å². The average Bonchev–Trinajstić information content (AvgIpc) is 3.02. The number of ether oxygens (including phenoxy) is 3. The maximum atomic E-state index is 12.3. The van der Waals surface area contributed by atoms with E-state index in [9.17, 15) is 18.4 Å². The van der Waals surface area contributed by atoms with E-state index in [1.54, 1.807) is 30.3 Å². The lowest BCUT2D eigenvalue weighted by Gasteiger charge is -2.05. The number of hydrogen-bond acceptors (Lipinski definition) is 6. The van der Waals surface area contributed by atoms with Crippen LogP contribution in [0.25, 0.3) is 6.08 Å². The van der Waals surface area contributed by atoms with Crippen molar-refractivity contribution in [2.45, 2.75) is 6.61 Å². The monoisotopic (exact) mass is 373 g/mol. The first-order chi connectivity index (χ1) is 13.0. The molecule has 0 radical (unpaired) electrons. The molecule has 0 fully saturated rings. The van der Waals surface area contributed by atoms with Gasteiger partial charge in [0.15, 0.2) is 5.70 Å². The Hall–Kier alpha value is -3.55. The molecule has 27 heavy (non-hydrogen) atoms. The Kier molecular flexibility index (Phi) is 5.25. The van der Waals surface area contributed by atoms with Gasteiger partial charge in [0.25, 0.3) is 0 Å². The van der Waals surface area contributed by atoms with Crippen LogP contribution in [0.5, 0.6) is 5.75 Å². The molecule has 0 atom stereocenters. The molecule has 0 bridgehead atoms. The summed E-state index contributed by atoms with van der Waals surface area (Å²) in [5.74, 6) is -1.24. The lowest BCUT2D eigenvalue weighted by Crippen LogP contribution is -2.07. The van der Waals surface area contributed by atoms with Crippen LogP contribution < -0.4 is 4.74 Å². The summed E-state index contributed by atoms with van der Waals surface area (Å²) in [4.78, 5) is 27.5. The van der Waals surface area contributed by atoms with Gasteiger partial charge in [-0.1, -0.05) is 18.2 Å². The molecule has 0 aliphatic carbocycles. The molecule has 1 aliphatic heterocycles. The molecule has 0 unspecified atom stereocenters. The maximum absolute atomic E-state index is 12.3. The summed E-state index contributed by atoms with van der Waals surface area (Å²) in [7, 11) is 1.28. The number of aliphatic imine (C=N–C) groups is 1. The highest BCUT2D eigenvalue weighted by Crippen LogP contribution is 2.22. The van der Waals surface area contributed by atoms with Crippen LogP contribution in [0.1, 0.15) is 21.5 Å². The smallest absolute Gasteiger partial charge is 0.387 e. The Labute approximate surface area is 152 Å². The number of alkyl halides is 2. The molecule has 2 aromatic rings. The Morgan fingerprint density at radius 1 is 1.19 bits per heavy atom. The van der Waals surface area contributed by atoms with Crippen LogP contribution in [0.4, 0.5) is 8.78 Å². The molecule has 1 heterocycles. The molecule has 6 nitrogen and oxygen atoms in total. The minimum absolute atomic E-state index is 0.0165. The van der Waals surface area contributed by atoms with Crippen molar-refractivity contribution in [3.05, 3.63) is 70.9 Å². The fourth-order valence-electron chi connectivity index (χ4n) is 2.33. The highest BCUT2D eigenvalue weighted by Gasteiger charge is 2.24. The van der Waals surface area contributed by atoms with Gasteiger partial charge < -0.3 is 14.2 Å². The van der Waals surface area contributed by atoms with E-state index in [1.807, 2.05) is 0 Å². The number of esters is 2. The van der Waals surface area contributed by atoms with Crippen molar-refractivity contribution in [3.8, 4) is 5.75 Å². The van der Waals surface area contributed by atoms with Gasteiger partial charge in [-0.3, -0.25) is 0 Å². The van der Waals surface area contributed by atoms with Gasteiger partial charge in [-0.25, -0.2) is 14.6 Å². The lowest BCUT2D eigenvalue weighted by molar-refractivity contribution is -0.129. The summed E-state index contributed by atoms with van der Waals surface area (Å²) < 4.78 is 38.7. The van der Waals surface area contributed by atoms with Gasteiger partial charge in [-0.05, 0) is 42.0 Å². The summed E-state index contributed by atoms with van der Waals surface area (Å²) in [5, 5.41) is 0. The molecular formula is C19H13F2NO5. The summed E-state index contributed by atoms with van der Waals surface area (Å²) in [5.41, 5.74) is 1.35. The lowest BCUT2D eigenvalue weighted by atomic mass is 10.1. The van der Waals surface area contributed by atoms with Gasteiger partial charge >= 0.3 is 18.6 Å². The summed E-state index contributed by atoms with van der Waals surface area (Å²) in [6.07, 6.45) is 1.48. The SMILES string of the molecule is COC(=O)c1ccc(/C=C2\N=C(c3cccc(OC(F)F)c3)OC2=O)cc1. The average molecular weight is 373 g/mol. The van der Waals surface area contributed by atoms with E-state index in [0.29, 0.717) is 16.7 Å². The van der Waals surface area contributed by atoms with Crippen LogP contribution in [0, 0.1) is 0 Å². The van der Waals surface area contributed by atoms with Crippen molar-refractivity contribution < 1.29 is 32.6 Å². The Balaban J connectivity index is 1.83. The van der Waals surface area contributed by atoms with Gasteiger partial charge in [0.05, 0.1) is 12.7 Å². The molecule has 0 saturated carbocycles. The fourth-order valence-corrected chi connectivity index (χ4v) is 2.33. The first kappa shape index (κ1) is 18.2. The zero-order valence-electron chi connectivity index (χ0n) is 14.0. The van der Waals surface area contributed by atoms with Crippen molar-refractivity contribution in [2.75, 3.05) is 7.11 Å². The van der Waals surface area contributed by atoms with E-state index in [2.05, 4.69) is 14.5 Å². The topological polar surface area (TPSA) is 74.2 Å². The van der Waals surface area contributed by atoms with Crippen LogP contribution in [0.15, 0.2) is 59.2 Å². The van der Waals surface area contributed by atoms with Crippen molar-refractivity contribution in [1.82, 2.24) is 0 Å². The predicted octanol–water partition coefficient (Wildman–Crippen LogP) is 3.42. The fraction of sp³-hybridized carbons (Fsp3) is 0.105. The van der Waals surface area contributed by atoms with Crippen LogP contribution in [-0.2, 0) is 14.3 Å². The largest absolute Gasteiger partial charge is 0.465 e. The van der Waals surface area contributed by atoms with Gasteiger partial charge in [-0.2, -0.15) is 8.78 Å². The Bertz CT molecular complexity index is 935. The van der Waals surface area contributed by atoms with E-state index < -0.39 is 18.6 Å². The Morgan fingerprint density at radius 2 is 1.93 bits per heavy atom. The normalized spacial score (nSPS) is 14.9. The van der Waals surface area contributed by atoms with E-state index in [4.69, 9.17) is 4.74 Å². The summed E-state index contributed by atoms with van der Waals surface area (Å²) in [6, 6.07) is 12.0. The van der Waals surface area contributed by atoms with E-state index in [1.165, 1.54) is 31.4 Å². The molecule has 0 spiro atoms. The Morgan fingerprint density at radius 3 is 2.59 bits per heavy atom. The van der Waals surface area contributed by atoms with Gasteiger partial charge in [0.2, 0.25) is 5.90 Å². The number of nitrogens with zero attached hydrogens (tertiary/aromatic N) is 1. The highest BCUT2D eigenvalue weighted by atomic mass is 19.3. The molecule has 0 aromatic heterocycles. The molecule has 0 N–H and O–H groups in total. The number of carbonyl (C=O) groups is 2. The molecule has 0 amide bonds. The number of carbonyl (C=O) groups excluding carboxylic acids is 2. The zero-order valence-corrected chi connectivity index (χ0v) is 14.0. The quantitative estimate of drug-likeness (QED) is 0.593. The van der Waals surface area contributed by atoms with E-state index in [0.717, 1.165) is 0 Å². The first-order valence-corrected chi connectivity index (χ1v) is 7.72. The van der Waals surface area contributed by atoms with Crippen molar-refractivity contribution in [1.29, 1.82) is 0 Å². The number of methoxy groups -OCH3 is 1. The minimum atomic E-state index is -2.96. The van der Waals surface area contributed by atoms with Gasteiger partial charge in [0.1, 0.15) is 5.75 Å². The summed E-state index contributed by atoms with van der Waals surface area (Å²) >= 11 is 0. The van der Waals surface area contributed by atoms with E-state index >= 15 is 0 Å². The van der Waals surface area contributed by atoms with Crippen LogP contribution in [-0.4, -0.2) is 31.6 Å². The maximum Gasteiger partial charge on any atom is 0.387 e. The number of halogens is 2. The van der Waals surface area contributed by atoms with Crippen molar-refractivity contribution in [2.24, 2.45) is 4.99 Å². The predicted molar refractivity (Wildman–Crippen MR) is 91.5 cm³/mol. The minimum Gasteiger partial charge on any atom is -0.465 e. The van der Waals surface area contributed by atoms with Crippen LogP contribution in [0.2, 0.25) is 0 Å². The van der Waals surface area contributed by atoms with E-state index in [-0.39, 0.29) is 17.3 Å². The number of cyclic esters (lactones) is 1. The second-order valence-electron chi connectivity index (χ2n) is 5.36. The molecule has 0 saturated heterocycles. The number of benzene rings is 2. The van der Waals surface area contributed by atoms with Crippen molar-refractivity contribution >= 4 is 23.9 Å². The second-order valence-corrected chi connectivity index (χ2v) is 5.36. The molecule has 1 aliphatic rings. The molecule has 2 aromatic carbocycles. The zero-order chi connectivity index (χ0) is 19.4. The van der Waals surface area contributed by atoms with Gasteiger partial charge in [-0.15, -0.1) is 0 Å². The van der Waals surface area contributed by atoms with Crippen molar-refractivity contribution in [3.63, 3.8) is 0 Å². The third kappa shape index (κ3) is 4.35. The molecule has 8 heteroatoms. The third-order valence-electron chi connectivity index (χ3n) is 3.56. The molecule has 3 rings (SSSR count). The van der Waals surface area contributed by atoms with Gasteiger partial charge in [0, 0.05) is 5.56 Å².